The lowest BCUT2D eigenvalue weighted by molar-refractivity contribution is -0.117. The number of carbonyl (C=O) groups is 1. The summed E-state index contributed by atoms with van der Waals surface area (Å²) in [5.74, 6) is 0.0327. The van der Waals surface area contributed by atoms with Crippen molar-refractivity contribution in [2.75, 3.05) is 30.7 Å². The molecule has 4 heteroatoms. The van der Waals surface area contributed by atoms with E-state index in [2.05, 4.69) is 24.1 Å². The number of likely N-dealkylation sites (tertiary alicyclic amines) is 1. The minimum absolute atomic E-state index is 0.0327. The van der Waals surface area contributed by atoms with Crippen LogP contribution in [0, 0.1) is 5.41 Å². The predicted molar refractivity (Wildman–Crippen MR) is 78.9 cm³/mol. The number of amides is 1. The highest BCUT2D eigenvalue weighted by atomic mass is 16.2. The molecule has 0 unspecified atom stereocenters. The van der Waals surface area contributed by atoms with Crippen LogP contribution in [0.5, 0.6) is 0 Å². The molecule has 3 N–H and O–H groups in total. The zero-order chi connectivity index (χ0) is 13.9. The number of nitrogens with two attached hydrogens (primary N) is 1. The average Bonchev–Trinajstić information content (AvgIpc) is 2.32. The minimum atomic E-state index is 0.0327. The van der Waals surface area contributed by atoms with E-state index in [1.807, 2.05) is 18.2 Å². The third kappa shape index (κ3) is 4.24. The molecule has 104 valence electrons. The van der Waals surface area contributed by atoms with Gasteiger partial charge in [-0.25, -0.2) is 0 Å². The molecule has 0 aromatic heterocycles. The van der Waals surface area contributed by atoms with E-state index >= 15 is 0 Å². The van der Waals surface area contributed by atoms with E-state index in [4.69, 9.17) is 5.73 Å². The van der Waals surface area contributed by atoms with Crippen molar-refractivity contribution < 1.29 is 4.79 Å². The zero-order valence-electron chi connectivity index (χ0n) is 11.8. The van der Waals surface area contributed by atoms with Crippen LogP contribution in [0.4, 0.5) is 11.4 Å². The lowest BCUT2D eigenvalue weighted by Crippen LogP contribution is -2.41. The molecule has 0 aliphatic carbocycles. The van der Waals surface area contributed by atoms with Gasteiger partial charge in [-0.3, -0.25) is 9.69 Å². The molecule has 1 amide bonds. The van der Waals surface area contributed by atoms with Gasteiger partial charge >= 0.3 is 0 Å². The van der Waals surface area contributed by atoms with E-state index in [1.54, 1.807) is 6.07 Å². The number of piperidine rings is 1. The van der Waals surface area contributed by atoms with E-state index in [0.29, 0.717) is 17.6 Å². The molecular weight excluding hydrogens is 238 g/mol. The van der Waals surface area contributed by atoms with Crippen LogP contribution in [0.3, 0.4) is 0 Å². The molecule has 1 heterocycles. The number of nitrogens with zero attached hydrogens (tertiary/aromatic N) is 1. The largest absolute Gasteiger partial charge is 0.399 e. The maximum atomic E-state index is 12.0. The van der Waals surface area contributed by atoms with Gasteiger partial charge in [0, 0.05) is 11.4 Å². The topological polar surface area (TPSA) is 58.4 Å². The number of rotatable bonds is 3. The van der Waals surface area contributed by atoms with Gasteiger partial charge < -0.3 is 11.1 Å². The first-order valence-corrected chi connectivity index (χ1v) is 6.82. The van der Waals surface area contributed by atoms with Gasteiger partial charge in [0.25, 0.3) is 0 Å². The molecule has 4 nitrogen and oxygen atoms in total. The normalized spacial score (nSPS) is 19.1. The van der Waals surface area contributed by atoms with Gasteiger partial charge in [0.05, 0.1) is 6.54 Å². The fraction of sp³-hybridized carbons (Fsp3) is 0.533. The highest BCUT2D eigenvalue weighted by Crippen LogP contribution is 2.29. The maximum absolute atomic E-state index is 12.0. The first-order chi connectivity index (χ1) is 8.94. The number of anilines is 2. The smallest absolute Gasteiger partial charge is 0.238 e. The molecule has 0 spiro atoms. The van der Waals surface area contributed by atoms with Crippen molar-refractivity contribution in [2.45, 2.75) is 26.7 Å². The molecule has 1 aromatic carbocycles. The molecule has 1 aliphatic rings. The van der Waals surface area contributed by atoms with E-state index in [1.165, 1.54) is 0 Å². The zero-order valence-corrected chi connectivity index (χ0v) is 11.8. The molecule has 1 saturated heterocycles. The lowest BCUT2D eigenvalue weighted by Gasteiger charge is -2.36. The summed E-state index contributed by atoms with van der Waals surface area (Å²) in [5, 5.41) is 2.89. The fourth-order valence-corrected chi connectivity index (χ4v) is 2.34. The molecule has 1 aliphatic heterocycles. The third-order valence-corrected chi connectivity index (χ3v) is 3.75. The summed E-state index contributed by atoms with van der Waals surface area (Å²) in [4.78, 5) is 14.2. The van der Waals surface area contributed by atoms with Crippen molar-refractivity contribution >= 4 is 17.3 Å². The Kier molecular flexibility index (Phi) is 4.10. The lowest BCUT2D eigenvalue weighted by atomic mass is 9.83. The molecule has 2 rings (SSSR count). The monoisotopic (exact) mass is 261 g/mol. The Hall–Kier alpha value is -1.55. The first kappa shape index (κ1) is 13.9. The highest BCUT2D eigenvalue weighted by Gasteiger charge is 2.26. The van der Waals surface area contributed by atoms with Gasteiger partial charge in [-0.05, 0) is 49.5 Å². The number of benzene rings is 1. The van der Waals surface area contributed by atoms with Gasteiger partial charge in [0.15, 0.2) is 0 Å². The van der Waals surface area contributed by atoms with E-state index in [-0.39, 0.29) is 5.91 Å². The Morgan fingerprint density at radius 3 is 2.68 bits per heavy atom. The summed E-state index contributed by atoms with van der Waals surface area (Å²) in [7, 11) is 0. The quantitative estimate of drug-likeness (QED) is 0.821. The summed E-state index contributed by atoms with van der Waals surface area (Å²) < 4.78 is 0. The summed E-state index contributed by atoms with van der Waals surface area (Å²) in [6, 6.07) is 7.28. The standard InChI is InChI=1S/C15H23N3O/c1-15(2)6-8-18(9-7-15)11-14(19)17-13-5-3-4-12(16)10-13/h3-5,10H,6-9,11,16H2,1-2H3,(H,17,19). The molecule has 19 heavy (non-hydrogen) atoms. The van der Waals surface area contributed by atoms with Crippen LogP contribution in [-0.2, 0) is 4.79 Å². The second-order valence-corrected chi connectivity index (χ2v) is 6.11. The van der Waals surface area contributed by atoms with Gasteiger partial charge in [-0.2, -0.15) is 0 Å². The Balaban J connectivity index is 1.82. The van der Waals surface area contributed by atoms with E-state index < -0.39 is 0 Å². The van der Waals surface area contributed by atoms with Crippen molar-refractivity contribution in [3.8, 4) is 0 Å². The Bertz CT molecular complexity index is 446. The summed E-state index contributed by atoms with van der Waals surface area (Å²) in [6.07, 6.45) is 2.30. The third-order valence-electron chi connectivity index (χ3n) is 3.75. The van der Waals surface area contributed by atoms with Gasteiger partial charge in [-0.1, -0.05) is 19.9 Å². The van der Waals surface area contributed by atoms with Crippen LogP contribution >= 0.6 is 0 Å². The van der Waals surface area contributed by atoms with E-state index in [9.17, 15) is 4.79 Å². The average molecular weight is 261 g/mol. The number of hydrogen-bond acceptors (Lipinski definition) is 3. The van der Waals surface area contributed by atoms with Crippen molar-refractivity contribution in [3.63, 3.8) is 0 Å². The van der Waals surface area contributed by atoms with Crippen molar-refractivity contribution in [1.82, 2.24) is 4.90 Å². The summed E-state index contributed by atoms with van der Waals surface area (Å²) in [5.41, 5.74) is 7.53. The maximum Gasteiger partial charge on any atom is 0.238 e. The van der Waals surface area contributed by atoms with Crippen LogP contribution in [0.15, 0.2) is 24.3 Å². The Labute approximate surface area is 115 Å². The number of carbonyl (C=O) groups excluding carboxylic acids is 1. The van der Waals surface area contributed by atoms with Crippen LogP contribution in [0.2, 0.25) is 0 Å². The SMILES string of the molecule is CC1(C)CCN(CC(=O)Nc2cccc(N)c2)CC1. The van der Waals surface area contributed by atoms with E-state index in [0.717, 1.165) is 31.6 Å². The molecule has 1 fully saturated rings. The Morgan fingerprint density at radius 2 is 2.05 bits per heavy atom. The fourth-order valence-electron chi connectivity index (χ4n) is 2.34. The van der Waals surface area contributed by atoms with Crippen molar-refractivity contribution in [2.24, 2.45) is 5.41 Å². The second kappa shape index (κ2) is 5.61. The highest BCUT2D eigenvalue weighted by molar-refractivity contribution is 5.92. The second-order valence-electron chi connectivity index (χ2n) is 6.11. The Morgan fingerprint density at radius 1 is 1.37 bits per heavy atom. The molecule has 0 bridgehead atoms. The molecular formula is C15H23N3O. The summed E-state index contributed by atoms with van der Waals surface area (Å²) in [6.45, 7) is 7.04. The van der Waals surface area contributed by atoms with Crippen LogP contribution in [0.1, 0.15) is 26.7 Å². The number of hydrogen-bond donors (Lipinski definition) is 2. The number of nitrogen functional groups attached to an aromatic ring is 1. The van der Waals surface area contributed by atoms with Gasteiger partial charge in [0.2, 0.25) is 5.91 Å². The molecule has 0 radical (unpaired) electrons. The van der Waals surface area contributed by atoms with Crippen molar-refractivity contribution in [3.05, 3.63) is 24.3 Å². The minimum Gasteiger partial charge on any atom is -0.399 e. The van der Waals surface area contributed by atoms with Gasteiger partial charge in [-0.15, -0.1) is 0 Å². The first-order valence-electron chi connectivity index (χ1n) is 6.82. The predicted octanol–water partition coefficient (Wildman–Crippen LogP) is 2.33. The van der Waals surface area contributed by atoms with Crippen LogP contribution < -0.4 is 11.1 Å². The summed E-state index contributed by atoms with van der Waals surface area (Å²) >= 11 is 0. The molecule has 0 atom stereocenters. The van der Waals surface area contributed by atoms with Crippen molar-refractivity contribution in [1.29, 1.82) is 0 Å². The molecule has 0 saturated carbocycles. The molecule has 1 aromatic rings. The number of nitrogens with one attached hydrogen (secondary N) is 1. The van der Waals surface area contributed by atoms with Gasteiger partial charge in [0.1, 0.15) is 0 Å². The van der Waals surface area contributed by atoms with Crippen LogP contribution in [-0.4, -0.2) is 30.4 Å². The van der Waals surface area contributed by atoms with Crippen LogP contribution in [0.25, 0.3) is 0 Å².